The highest BCUT2D eigenvalue weighted by Gasteiger charge is 2.17. The maximum Gasteiger partial charge on any atom is 0.206 e. The molecule has 0 aromatic heterocycles. The average Bonchev–Trinajstić information content (AvgIpc) is 2.14. The first-order valence-corrected chi connectivity index (χ1v) is 6.38. The molecule has 1 heteroatoms. The van der Waals surface area contributed by atoms with E-state index in [1.807, 2.05) is 17.1 Å². The monoisotopic (exact) mass is 176 g/mol. The lowest BCUT2D eigenvalue weighted by Gasteiger charge is -2.09. The van der Waals surface area contributed by atoms with E-state index in [-0.39, 0.29) is 0 Å². The highest BCUT2D eigenvalue weighted by molar-refractivity contribution is 6.99. The van der Waals surface area contributed by atoms with Crippen LogP contribution in [0.25, 0.3) is 0 Å². The minimum Gasteiger partial charge on any atom is -0.116 e. The van der Waals surface area contributed by atoms with Gasteiger partial charge in [-0.25, -0.2) is 0 Å². The minimum atomic E-state index is -1.82. The minimum absolute atomic E-state index is 0.949. The summed E-state index contributed by atoms with van der Waals surface area (Å²) in [6, 6.07) is 0. The molecular weight excluding hydrogens is 160 g/mol. The van der Waals surface area contributed by atoms with Crippen molar-refractivity contribution in [1.82, 2.24) is 0 Å². The van der Waals surface area contributed by atoms with E-state index >= 15 is 0 Å². The van der Waals surface area contributed by atoms with E-state index in [2.05, 4.69) is 38.1 Å². The Labute approximate surface area is 76.7 Å². The molecule has 0 heterocycles. The van der Waals surface area contributed by atoms with E-state index in [1.54, 1.807) is 0 Å². The Bertz CT molecular complexity index is 205. The van der Waals surface area contributed by atoms with Crippen molar-refractivity contribution >= 4 is 8.07 Å². The average molecular weight is 176 g/mol. The Hall–Kier alpha value is -1.00. The number of hydrogen-bond acceptors (Lipinski definition) is 0. The summed E-state index contributed by atoms with van der Waals surface area (Å²) in [5.74, 6) is 3.13. The van der Waals surface area contributed by atoms with E-state index in [4.69, 9.17) is 0 Å². The van der Waals surface area contributed by atoms with Crippen LogP contribution in [0.2, 0.25) is 0 Å². The van der Waals surface area contributed by atoms with E-state index in [0.717, 1.165) is 12.8 Å². The van der Waals surface area contributed by atoms with Gasteiger partial charge in [-0.1, -0.05) is 24.0 Å². The third-order valence-corrected chi connectivity index (χ3v) is 4.33. The molecular formula is C11H16Si. The predicted octanol–water partition coefficient (Wildman–Crippen LogP) is 2.95. The highest BCUT2D eigenvalue weighted by Crippen LogP contribution is 2.05. The lowest BCUT2D eigenvalue weighted by atomic mass is 10.4. The van der Waals surface area contributed by atoms with Crippen LogP contribution in [-0.2, 0) is 0 Å². The van der Waals surface area contributed by atoms with E-state index < -0.39 is 8.07 Å². The molecule has 0 fully saturated rings. The normalized spacial score (nSPS) is 9.42. The fraction of sp³-hybridized carbons (Fsp3) is 0.273. The Balaban J connectivity index is 4.53. The van der Waals surface area contributed by atoms with Crippen LogP contribution in [0.5, 0.6) is 0 Å². The number of hydrogen-bond donors (Lipinski definition) is 0. The molecule has 0 spiro atoms. The van der Waals surface area contributed by atoms with Crippen molar-refractivity contribution in [3.8, 4) is 11.5 Å². The number of unbranched alkanes of at least 4 members (excludes halogenated alkanes) is 1. The second-order valence-corrected chi connectivity index (χ2v) is 5.94. The van der Waals surface area contributed by atoms with Crippen molar-refractivity contribution in [3.05, 3.63) is 36.8 Å². The Kier molecular flexibility index (Phi) is 5.15. The van der Waals surface area contributed by atoms with Crippen LogP contribution >= 0.6 is 0 Å². The molecule has 0 aromatic carbocycles. The van der Waals surface area contributed by atoms with Crippen molar-refractivity contribution in [2.24, 2.45) is 0 Å². The summed E-state index contributed by atoms with van der Waals surface area (Å²) in [5, 5.41) is 0. The van der Waals surface area contributed by atoms with Crippen molar-refractivity contribution in [3.63, 3.8) is 0 Å². The summed E-state index contributed by atoms with van der Waals surface area (Å²) in [5.41, 5.74) is 8.91. The SMILES string of the molecule is C=C[Si](C#CCCC)(C=C)C=C. The van der Waals surface area contributed by atoms with Crippen LogP contribution in [0, 0.1) is 11.5 Å². The smallest absolute Gasteiger partial charge is 0.116 e. The van der Waals surface area contributed by atoms with Crippen LogP contribution in [0.3, 0.4) is 0 Å². The Morgan fingerprint density at radius 3 is 2.00 bits per heavy atom. The molecule has 0 saturated heterocycles. The molecule has 0 unspecified atom stereocenters. The van der Waals surface area contributed by atoms with Gasteiger partial charge in [0.15, 0.2) is 0 Å². The van der Waals surface area contributed by atoms with E-state index in [9.17, 15) is 0 Å². The molecule has 64 valence electrons. The molecule has 0 aliphatic rings. The van der Waals surface area contributed by atoms with Gasteiger partial charge in [0.25, 0.3) is 0 Å². The van der Waals surface area contributed by atoms with Crippen LogP contribution < -0.4 is 0 Å². The molecule has 0 rings (SSSR count). The Morgan fingerprint density at radius 1 is 1.17 bits per heavy atom. The zero-order valence-electron chi connectivity index (χ0n) is 7.77. The Morgan fingerprint density at radius 2 is 1.67 bits per heavy atom. The molecule has 0 amide bonds. The zero-order chi connectivity index (χ0) is 9.45. The van der Waals surface area contributed by atoms with Crippen molar-refractivity contribution in [2.75, 3.05) is 0 Å². The second-order valence-electron chi connectivity index (χ2n) is 2.60. The van der Waals surface area contributed by atoms with Gasteiger partial charge in [-0.05, 0) is 6.42 Å². The molecule has 0 atom stereocenters. The summed E-state index contributed by atoms with van der Waals surface area (Å²) in [6.45, 7) is 13.4. The van der Waals surface area contributed by atoms with Crippen molar-refractivity contribution < 1.29 is 0 Å². The predicted molar refractivity (Wildman–Crippen MR) is 59.0 cm³/mol. The lowest BCUT2D eigenvalue weighted by Crippen LogP contribution is -2.24. The molecule has 0 aliphatic heterocycles. The highest BCUT2D eigenvalue weighted by atomic mass is 28.3. The van der Waals surface area contributed by atoms with Crippen LogP contribution in [0.4, 0.5) is 0 Å². The van der Waals surface area contributed by atoms with Gasteiger partial charge in [0.1, 0.15) is 0 Å². The molecule has 0 aliphatic carbocycles. The topological polar surface area (TPSA) is 0 Å². The van der Waals surface area contributed by atoms with Crippen LogP contribution in [-0.4, -0.2) is 8.07 Å². The van der Waals surface area contributed by atoms with Gasteiger partial charge in [0, 0.05) is 6.42 Å². The fourth-order valence-electron chi connectivity index (χ4n) is 0.744. The maximum atomic E-state index is 3.77. The summed E-state index contributed by atoms with van der Waals surface area (Å²) >= 11 is 0. The van der Waals surface area contributed by atoms with Gasteiger partial charge in [0.05, 0.1) is 0 Å². The molecule has 0 nitrogen and oxygen atoms in total. The molecule has 0 bridgehead atoms. The quantitative estimate of drug-likeness (QED) is 0.456. The first-order chi connectivity index (χ1) is 5.74. The van der Waals surface area contributed by atoms with Gasteiger partial charge in [-0.15, -0.1) is 31.2 Å². The molecule has 12 heavy (non-hydrogen) atoms. The third kappa shape index (κ3) is 2.94. The van der Waals surface area contributed by atoms with E-state index in [0.29, 0.717) is 0 Å². The fourth-order valence-corrected chi connectivity index (χ4v) is 1.98. The standard InChI is InChI=1S/C11H16Si/c1-5-9-10-11-12(6-2,7-3)8-4/h6-8H,2-5,9H2,1H3. The van der Waals surface area contributed by atoms with Crippen molar-refractivity contribution in [1.29, 1.82) is 0 Å². The lowest BCUT2D eigenvalue weighted by molar-refractivity contribution is 0.984. The third-order valence-electron chi connectivity index (χ3n) is 1.69. The molecule has 0 aromatic rings. The first kappa shape index (κ1) is 11.0. The second kappa shape index (κ2) is 5.62. The number of rotatable bonds is 4. The maximum absolute atomic E-state index is 3.77. The molecule has 0 saturated carbocycles. The van der Waals surface area contributed by atoms with Gasteiger partial charge < -0.3 is 0 Å². The van der Waals surface area contributed by atoms with Gasteiger partial charge in [-0.3, -0.25) is 0 Å². The largest absolute Gasteiger partial charge is 0.206 e. The molecule has 0 N–H and O–H groups in total. The van der Waals surface area contributed by atoms with E-state index in [1.165, 1.54) is 0 Å². The van der Waals surface area contributed by atoms with Gasteiger partial charge in [0.2, 0.25) is 8.07 Å². The summed E-state index contributed by atoms with van der Waals surface area (Å²) in [6.07, 6.45) is 2.05. The summed E-state index contributed by atoms with van der Waals surface area (Å²) < 4.78 is 0. The van der Waals surface area contributed by atoms with Gasteiger partial charge >= 0.3 is 0 Å². The summed E-state index contributed by atoms with van der Waals surface area (Å²) in [7, 11) is -1.82. The zero-order valence-corrected chi connectivity index (χ0v) is 8.77. The van der Waals surface area contributed by atoms with Gasteiger partial charge in [-0.2, -0.15) is 0 Å². The van der Waals surface area contributed by atoms with Crippen molar-refractivity contribution in [2.45, 2.75) is 19.8 Å². The summed E-state index contributed by atoms with van der Waals surface area (Å²) in [4.78, 5) is 0. The molecule has 0 radical (unpaired) electrons. The first-order valence-electron chi connectivity index (χ1n) is 4.15. The van der Waals surface area contributed by atoms with Crippen LogP contribution in [0.1, 0.15) is 19.8 Å². The van der Waals surface area contributed by atoms with Crippen LogP contribution in [0.15, 0.2) is 36.8 Å².